The molecule has 0 amide bonds. The van der Waals surface area contributed by atoms with Gasteiger partial charge in [-0.25, -0.2) is 8.42 Å². The van der Waals surface area contributed by atoms with Crippen LogP contribution in [0.1, 0.15) is 50.7 Å². The van der Waals surface area contributed by atoms with Crippen molar-refractivity contribution in [3.05, 3.63) is 47.5 Å². The molecular formula is C29H36B2N6O3S. The van der Waals surface area contributed by atoms with Crippen molar-refractivity contribution in [1.82, 2.24) is 20.3 Å². The molecule has 212 valence electrons. The number of H-pyrrole nitrogens is 1. The number of aromatic amines is 1. The Kier molecular flexibility index (Phi) is 7.02. The van der Waals surface area contributed by atoms with Crippen LogP contribution in [0.4, 0.5) is 23.1 Å². The van der Waals surface area contributed by atoms with E-state index < -0.39 is 15.1 Å². The van der Waals surface area contributed by atoms with Crippen LogP contribution in [0.2, 0.25) is 0 Å². The van der Waals surface area contributed by atoms with E-state index >= 15 is 0 Å². The van der Waals surface area contributed by atoms with Crippen molar-refractivity contribution in [1.29, 1.82) is 0 Å². The first-order valence-corrected chi connectivity index (χ1v) is 15.9. The summed E-state index contributed by atoms with van der Waals surface area (Å²) in [5.74, 6) is 2.37. The summed E-state index contributed by atoms with van der Waals surface area (Å²) in [6.45, 7) is 9.61. The third-order valence-corrected chi connectivity index (χ3v) is 10.7. The van der Waals surface area contributed by atoms with Crippen molar-refractivity contribution < 1.29 is 13.2 Å². The quantitative estimate of drug-likeness (QED) is 0.302. The summed E-state index contributed by atoms with van der Waals surface area (Å²) in [5.41, 5.74) is 6.66. The van der Waals surface area contributed by atoms with Crippen LogP contribution in [0.15, 0.2) is 41.3 Å². The molecule has 6 rings (SSSR count). The van der Waals surface area contributed by atoms with Gasteiger partial charge in [-0.15, -0.1) is 0 Å². The molecule has 1 fully saturated rings. The van der Waals surface area contributed by atoms with E-state index in [4.69, 9.17) is 14.7 Å². The van der Waals surface area contributed by atoms with Crippen molar-refractivity contribution in [2.24, 2.45) is 0 Å². The highest BCUT2D eigenvalue weighted by molar-refractivity contribution is 7.92. The van der Waals surface area contributed by atoms with E-state index in [2.05, 4.69) is 34.7 Å². The average molecular weight is 570 g/mol. The molecule has 1 atom stereocenters. The number of nitrogens with zero attached hydrogens (tertiary/aromatic N) is 3. The van der Waals surface area contributed by atoms with E-state index in [0.717, 1.165) is 53.8 Å². The summed E-state index contributed by atoms with van der Waals surface area (Å²) in [6.07, 6.45) is 1.92. The maximum Gasteiger partial charge on any atom is 0.237 e. The molecule has 2 aliphatic rings. The molecular weight excluding hydrogens is 534 g/mol. The minimum absolute atomic E-state index is 0.248. The lowest BCUT2D eigenvalue weighted by Crippen LogP contribution is -2.29. The first-order chi connectivity index (χ1) is 19.6. The number of para-hydroxylation sites is 1. The second-order valence-corrected chi connectivity index (χ2v) is 13.9. The number of hydrogen-bond donors (Lipinski definition) is 3. The number of aromatic nitrogens is 3. The third kappa shape index (κ3) is 4.76. The van der Waals surface area contributed by atoms with Gasteiger partial charge in [0.25, 0.3) is 0 Å². The van der Waals surface area contributed by atoms with Gasteiger partial charge >= 0.3 is 0 Å². The minimum Gasteiger partial charge on any atom is -0.468 e. The number of hydrogen-bond acceptors (Lipinski definition) is 8. The standard InChI is InChI=1S/C29H36B2N6O3S/c1-15(2)41(38,39)23-8-6-5-7-20(23)33-27-24-25(30)26(31)34-28(24)36-29(35-27)37-17(4)40-22-14-19(16(3)13-21(22)37)18-9-11-32-12-10-18/h5-8,13-15,17-18,32H,9-12,30-31H2,1-4H3,(H2,33,34,35,36). The van der Waals surface area contributed by atoms with Crippen LogP contribution in [0.3, 0.4) is 0 Å². The highest BCUT2D eigenvalue weighted by Gasteiger charge is 2.34. The lowest BCUT2D eigenvalue weighted by molar-refractivity contribution is 0.254. The van der Waals surface area contributed by atoms with Gasteiger partial charge in [0.15, 0.2) is 23.9 Å². The lowest BCUT2D eigenvalue weighted by atomic mass is 9.85. The Bertz CT molecular complexity index is 1750. The highest BCUT2D eigenvalue weighted by atomic mass is 32.2. The summed E-state index contributed by atoms with van der Waals surface area (Å²) >= 11 is 0. The molecule has 4 aromatic rings. The van der Waals surface area contributed by atoms with Crippen LogP contribution in [-0.4, -0.2) is 63.6 Å². The molecule has 1 unspecified atom stereocenters. The van der Waals surface area contributed by atoms with E-state index in [-0.39, 0.29) is 11.1 Å². The molecule has 1 saturated heterocycles. The second-order valence-electron chi connectivity index (χ2n) is 11.5. The van der Waals surface area contributed by atoms with Gasteiger partial charge in [0, 0.05) is 0 Å². The molecule has 2 aliphatic heterocycles. The van der Waals surface area contributed by atoms with Gasteiger partial charge in [0.05, 0.1) is 26.9 Å². The van der Waals surface area contributed by atoms with Gasteiger partial charge in [-0.1, -0.05) is 17.6 Å². The molecule has 0 saturated carbocycles. The van der Waals surface area contributed by atoms with Crippen LogP contribution in [0.5, 0.6) is 5.75 Å². The lowest BCUT2D eigenvalue weighted by Gasteiger charge is -2.25. The summed E-state index contributed by atoms with van der Waals surface area (Å²) in [6, 6.07) is 11.4. The van der Waals surface area contributed by atoms with Crippen LogP contribution in [0.25, 0.3) is 11.0 Å². The van der Waals surface area contributed by atoms with Gasteiger partial charge in [0.2, 0.25) is 5.95 Å². The molecule has 4 heterocycles. The summed E-state index contributed by atoms with van der Waals surface area (Å²) in [7, 11) is 0.489. The number of benzene rings is 2. The normalized spacial score (nSPS) is 17.7. The fourth-order valence-electron chi connectivity index (χ4n) is 6.00. The van der Waals surface area contributed by atoms with Gasteiger partial charge in [-0.3, -0.25) is 4.90 Å². The smallest absolute Gasteiger partial charge is 0.237 e. The first kappa shape index (κ1) is 27.7. The number of fused-ring (bicyclic) bond motifs is 2. The number of nitrogens with one attached hydrogen (secondary N) is 3. The van der Waals surface area contributed by atoms with E-state index in [0.29, 0.717) is 29.0 Å². The number of anilines is 4. The predicted molar refractivity (Wildman–Crippen MR) is 171 cm³/mol. The molecule has 3 N–H and O–H groups in total. The SMILES string of the molecule is Bc1[nH]c2nc(N3c4cc(C)c(C5CCNCC5)cc4OC3C)nc(Nc3ccccc3S(=O)(=O)C(C)C)c2c1B. The van der Waals surface area contributed by atoms with Gasteiger partial charge < -0.3 is 20.4 Å². The first-order valence-electron chi connectivity index (χ1n) is 14.3. The number of ether oxygens (including phenoxy) is 1. The molecule has 0 radical (unpaired) electrons. The van der Waals surface area contributed by atoms with Crippen molar-refractivity contribution >= 4 is 70.8 Å². The molecule has 2 aromatic carbocycles. The topological polar surface area (TPSA) is 112 Å². The fraction of sp³-hybridized carbons (Fsp3) is 0.379. The van der Waals surface area contributed by atoms with E-state index in [9.17, 15) is 8.42 Å². The fourth-order valence-corrected chi connectivity index (χ4v) is 7.20. The Hall–Kier alpha value is -3.50. The number of rotatable bonds is 6. The minimum atomic E-state index is -3.53. The van der Waals surface area contributed by atoms with E-state index in [1.165, 1.54) is 11.1 Å². The maximum absolute atomic E-state index is 13.2. The highest BCUT2D eigenvalue weighted by Crippen LogP contribution is 2.45. The largest absolute Gasteiger partial charge is 0.468 e. The Morgan fingerprint density at radius 1 is 1.12 bits per heavy atom. The van der Waals surface area contributed by atoms with Crippen LogP contribution in [0, 0.1) is 6.92 Å². The summed E-state index contributed by atoms with van der Waals surface area (Å²) in [4.78, 5) is 15.6. The molecule has 41 heavy (non-hydrogen) atoms. The monoisotopic (exact) mass is 570 g/mol. The molecule has 0 aliphatic carbocycles. The number of aryl methyl sites for hydroxylation is 1. The Morgan fingerprint density at radius 3 is 2.59 bits per heavy atom. The van der Waals surface area contributed by atoms with Gasteiger partial charge in [-0.05, 0) is 101 Å². The zero-order chi connectivity index (χ0) is 29.1. The summed E-state index contributed by atoms with van der Waals surface area (Å²) in [5, 5.41) is 7.10. The number of piperidine rings is 1. The van der Waals surface area contributed by atoms with Crippen molar-refractivity contribution in [3.63, 3.8) is 0 Å². The molecule has 2 aromatic heterocycles. The molecule has 9 nitrogen and oxygen atoms in total. The van der Waals surface area contributed by atoms with Crippen molar-refractivity contribution in [3.8, 4) is 5.75 Å². The van der Waals surface area contributed by atoms with Crippen LogP contribution < -0.4 is 31.3 Å². The zero-order valence-corrected chi connectivity index (χ0v) is 25.3. The molecule has 0 bridgehead atoms. The van der Waals surface area contributed by atoms with Crippen LogP contribution in [-0.2, 0) is 9.84 Å². The zero-order valence-electron chi connectivity index (χ0n) is 24.5. The summed E-state index contributed by atoms with van der Waals surface area (Å²) < 4.78 is 32.8. The number of sulfone groups is 1. The van der Waals surface area contributed by atoms with Gasteiger partial charge in [0.1, 0.15) is 25.1 Å². The maximum atomic E-state index is 13.2. The molecule has 0 spiro atoms. The van der Waals surface area contributed by atoms with Gasteiger partial charge in [-0.2, -0.15) is 9.97 Å². The van der Waals surface area contributed by atoms with E-state index in [1.54, 1.807) is 32.0 Å². The third-order valence-electron chi connectivity index (χ3n) is 8.47. The van der Waals surface area contributed by atoms with Crippen molar-refractivity contribution in [2.45, 2.75) is 62.8 Å². The Labute approximate surface area is 243 Å². The van der Waals surface area contributed by atoms with Crippen LogP contribution >= 0.6 is 0 Å². The Morgan fingerprint density at radius 2 is 1.85 bits per heavy atom. The second kappa shape index (κ2) is 10.4. The van der Waals surface area contributed by atoms with E-state index in [1.807, 2.05) is 33.6 Å². The Balaban J connectivity index is 1.46. The molecule has 12 heteroatoms. The predicted octanol–water partition coefficient (Wildman–Crippen LogP) is 2.05. The average Bonchev–Trinajstić information content (AvgIpc) is 3.42. The van der Waals surface area contributed by atoms with Crippen molar-refractivity contribution in [2.75, 3.05) is 23.3 Å².